The van der Waals surface area contributed by atoms with E-state index in [-0.39, 0.29) is 0 Å². The van der Waals surface area contributed by atoms with Crippen LogP contribution in [0.2, 0.25) is 0 Å². The van der Waals surface area contributed by atoms with Crippen LogP contribution >= 0.6 is 23.2 Å². The Morgan fingerprint density at radius 1 is 1.29 bits per heavy atom. The average Bonchev–Trinajstić information content (AvgIpc) is 2.17. The number of carbonyl (C=O) groups is 1. The second kappa shape index (κ2) is 4.53. The second-order valence-corrected chi connectivity index (χ2v) is 3.68. The van der Waals surface area contributed by atoms with Crippen molar-refractivity contribution in [3.63, 3.8) is 0 Å². The molecule has 0 saturated heterocycles. The fourth-order valence-electron chi connectivity index (χ4n) is 0.797. The summed E-state index contributed by atoms with van der Waals surface area (Å²) in [4.78, 5) is 11.0. The fraction of sp³-hybridized carbons (Fsp3) is 0.222. The standard InChI is InChI=1S/C9H8Cl2O3/c1-13-8(12)9(10,11)14-7-5-3-2-4-6-7/h2-6H,1H3. The molecule has 0 amide bonds. The Morgan fingerprint density at radius 2 is 1.86 bits per heavy atom. The first kappa shape index (κ1) is 11.1. The molecule has 0 fully saturated rings. The van der Waals surface area contributed by atoms with Gasteiger partial charge in [-0.2, -0.15) is 0 Å². The fourth-order valence-corrected chi connectivity index (χ4v) is 1.13. The highest BCUT2D eigenvalue weighted by molar-refractivity contribution is 6.56. The first-order valence-electron chi connectivity index (χ1n) is 3.76. The molecule has 5 heteroatoms. The van der Waals surface area contributed by atoms with Gasteiger partial charge in [-0.05, 0) is 35.3 Å². The van der Waals surface area contributed by atoms with Crippen LogP contribution < -0.4 is 4.74 Å². The number of ether oxygens (including phenoxy) is 2. The molecule has 0 saturated carbocycles. The van der Waals surface area contributed by atoms with Crippen molar-refractivity contribution >= 4 is 29.2 Å². The zero-order chi connectivity index (χ0) is 10.6. The van der Waals surface area contributed by atoms with E-state index in [9.17, 15) is 4.79 Å². The molecular formula is C9H8Cl2O3. The summed E-state index contributed by atoms with van der Waals surface area (Å²) in [6, 6.07) is 8.52. The van der Waals surface area contributed by atoms with Gasteiger partial charge >= 0.3 is 10.5 Å². The van der Waals surface area contributed by atoms with Crippen molar-refractivity contribution in [3.8, 4) is 5.75 Å². The van der Waals surface area contributed by atoms with Gasteiger partial charge in [0.25, 0.3) is 0 Å². The summed E-state index contributed by atoms with van der Waals surface area (Å²) < 4.78 is 7.37. The van der Waals surface area contributed by atoms with Gasteiger partial charge in [0.15, 0.2) is 0 Å². The van der Waals surface area contributed by atoms with Crippen LogP contribution in [0, 0.1) is 0 Å². The van der Waals surface area contributed by atoms with Crippen LogP contribution in [-0.2, 0) is 9.53 Å². The minimum atomic E-state index is -2.00. The highest BCUT2D eigenvalue weighted by Gasteiger charge is 2.37. The zero-order valence-electron chi connectivity index (χ0n) is 7.37. The van der Waals surface area contributed by atoms with E-state index in [1.807, 2.05) is 0 Å². The maximum atomic E-state index is 11.0. The van der Waals surface area contributed by atoms with Gasteiger partial charge in [0.1, 0.15) is 5.75 Å². The lowest BCUT2D eigenvalue weighted by molar-refractivity contribution is -0.147. The van der Waals surface area contributed by atoms with E-state index in [0.29, 0.717) is 5.75 Å². The SMILES string of the molecule is COC(=O)C(Cl)(Cl)Oc1ccccc1. The molecule has 1 aromatic rings. The molecule has 0 N–H and O–H groups in total. The number of methoxy groups -OCH3 is 1. The molecule has 0 aromatic heterocycles. The van der Waals surface area contributed by atoms with E-state index in [4.69, 9.17) is 27.9 Å². The summed E-state index contributed by atoms with van der Waals surface area (Å²) in [6.07, 6.45) is 0. The molecular weight excluding hydrogens is 227 g/mol. The summed E-state index contributed by atoms with van der Waals surface area (Å²) >= 11 is 11.2. The van der Waals surface area contributed by atoms with Gasteiger partial charge in [-0.15, -0.1) is 0 Å². The van der Waals surface area contributed by atoms with Crippen molar-refractivity contribution in [2.75, 3.05) is 7.11 Å². The predicted molar refractivity (Wildman–Crippen MR) is 53.5 cm³/mol. The molecule has 0 radical (unpaired) electrons. The summed E-state index contributed by atoms with van der Waals surface area (Å²) in [6.45, 7) is 0. The van der Waals surface area contributed by atoms with Gasteiger partial charge in [-0.3, -0.25) is 0 Å². The molecule has 14 heavy (non-hydrogen) atoms. The van der Waals surface area contributed by atoms with Crippen molar-refractivity contribution in [2.45, 2.75) is 4.52 Å². The van der Waals surface area contributed by atoms with Crippen LogP contribution in [0.5, 0.6) is 5.75 Å². The number of benzene rings is 1. The monoisotopic (exact) mass is 234 g/mol. The highest BCUT2D eigenvalue weighted by atomic mass is 35.5. The van der Waals surface area contributed by atoms with Crippen molar-refractivity contribution in [1.29, 1.82) is 0 Å². The van der Waals surface area contributed by atoms with Crippen molar-refractivity contribution in [3.05, 3.63) is 30.3 Å². The Hall–Kier alpha value is -0.930. The number of para-hydroxylation sites is 1. The Balaban J connectivity index is 2.73. The summed E-state index contributed by atoms with van der Waals surface area (Å²) in [5.41, 5.74) is 0. The van der Waals surface area contributed by atoms with Gasteiger partial charge in [0, 0.05) is 0 Å². The predicted octanol–water partition coefficient (Wildman–Crippen LogP) is 2.37. The second-order valence-electron chi connectivity index (χ2n) is 2.42. The van der Waals surface area contributed by atoms with Crippen LogP contribution in [0.25, 0.3) is 0 Å². The van der Waals surface area contributed by atoms with Gasteiger partial charge in [-0.1, -0.05) is 18.2 Å². The van der Waals surface area contributed by atoms with Gasteiger partial charge in [0.2, 0.25) is 0 Å². The molecule has 0 heterocycles. The van der Waals surface area contributed by atoms with E-state index in [2.05, 4.69) is 4.74 Å². The van der Waals surface area contributed by atoms with E-state index < -0.39 is 10.5 Å². The highest BCUT2D eigenvalue weighted by Crippen LogP contribution is 2.27. The first-order valence-corrected chi connectivity index (χ1v) is 4.52. The maximum absolute atomic E-state index is 11.0. The Bertz CT molecular complexity index is 311. The zero-order valence-corrected chi connectivity index (χ0v) is 8.88. The molecule has 0 aliphatic rings. The van der Waals surface area contributed by atoms with Gasteiger partial charge in [-0.25, -0.2) is 4.79 Å². The number of halogens is 2. The van der Waals surface area contributed by atoms with Crippen LogP contribution in [0.1, 0.15) is 0 Å². The Labute approximate surface area is 91.5 Å². The largest absolute Gasteiger partial charge is 0.464 e. The van der Waals surface area contributed by atoms with Crippen molar-refractivity contribution < 1.29 is 14.3 Å². The van der Waals surface area contributed by atoms with Gasteiger partial charge in [0.05, 0.1) is 7.11 Å². The van der Waals surface area contributed by atoms with E-state index in [0.717, 1.165) is 0 Å². The van der Waals surface area contributed by atoms with E-state index >= 15 is 0 Å². The number of rotatable bonds is 3. The smallest absolute Gasteiger partial charge is 0.383 e. The topological polar surface area (TPSA) is 35.5 Å². The quantitative estimate of drug-likeness (QED) is 0.595. The third-order valence-corrected chi connectivity index (χ3v) is 1.88. The van der Waals surface area contributed by atoms with Crippen LogP contribution in [0.4, 0.5) is 0 Å². The van der Waals surface area contributed by atoms with E-state index in [1.54, 1.807) is 30.3 Å². The number of alkyl halides is 2. The van der Waals surface area contributed by atoms with Crippen LogP contribution in [0.15, 0.2) is 30.3 Å². The van der Waals surface area contributed by atoms with Gasteiger partial charge < -0.3 is 9.47 Å². The van der Waals surface area contributed by atoms with E-state index in [1.165, 1.54) is 7.11 Å². The minimum absolute atomic E-state index is 0.392. The molecule has 0 unspecified atom stereocenters. The van der Waals surface area contributed by atoms with Crippen molar-refractivity contribution in [2.24, 2.45) is 0 Å². The molecule has 0 bridgehead atoms. The van der Waals surface area contributed by atoms with Crippen LogP contribution in [0.3, 0.4) is 0 Å². The number of hydrogen-bond acceptors (Lipinski definition) is 3. The summed E-state index contributed by atoms with van der Waals surface area (Å²) in [7, 11) is 1.18. The van der Waals surface area contributed by atoms with Crippen molar-refractivity contribution in [1.82, 2.24) is 0 Å². The lowest BCUT2D eigenvalue weighted by atomic mass is 10.3. The lowest BCUT2D eigenvalue weighted by Crippen LogP contribution is -2.33. The van der Waals surface area contributed by atoms with Crippen LogP contribution in [-0.4, -0.2) is 17.6 Å². The third-order valence-electron chi connectivity index (χ3n) is 1.41. The molecule has 1 rings (SSSR count). The molecule has 0 aliphatic heterocycles. The Kier molecular flexibility index (Phi) is 3.61. The number of carbonyl (C=O) groups excluding carboxylic acids is 1. The minimum Gasteiger partial charge on any atom is -0.464 e. The molecule has 0 spiro atoms. The number of esters is 1. The first-order chi connectivity index (χ1) is 6.56. The molecule has 0 aliphatic carbocycles. The normalized spacial score (nSPS) is 10.8. The third kappa shape index (κ3) is 2.79. The average molecular weight is 235 g/mol. The molecule has 76 valence electrons. The molecule has 0 atom stereocenters. The summed E-state index contributed by atoms with van der Waals surface area (Å²) in [5.74, 6) is -0.465. The number of hydrogen-bond donors (Lipinski definition) is 0. The molecule has 3 nitrogen and oxygen atoms in total. The summed E-state index contributed by atoms with van der Waals surface area (Å²) in [5, 5.41) is 0. The maximum Gasteiger partial charge on any atom is 0.383 e. The molecule has 1 aromatic carbocycles. The Morgan fingerprint density at radius 3 is 2.36 bits per heavy atom. The lowest BCUT2D eigenvalue weighted by Gasteiger charge is -2.18.